The van der Waals surface area contributed by atoms with Crippen LogP contribution in [0.15, 0.2) is 18.2 Å². The van der Waals surface area contributed by atoms with E-state index < -0.39 is 19.7 Å². The van der Waals surface area contributed by atoms with Crippen LogP contribution in [0.1, 0.15) is 73.3 Å². The van der Waals surface area contributed by atoms with E-state index in [1.165, 1.54) is 12.1 Å². The molecule has 25 heavy (non-hydrogen) atoms. The van der Waals surface area contributed by atoms with E-state index in [1.807, 2.05) is 0 Å². The monoisotopic (exact) mass is 364 g/mol. The van der Waals surface area contributed by atoms with Crippen LogP contribution in [0.4, 0.5) is 8.78 Å². The summed E-state index contributed by atoms with van der Waals surface area (Å²) >= 11 is 0. The molecule has 140 valence electrons. The largest absolute Gasteiger partial charge is 0.207 e. The van der Waals surface area contributed by atoms with Gasteiger partial charge in [-0.2, -0.15) is 0 Å². The van der Waals surface area contributed by atoms with Crippen LogP contribution in [0.2, 0.25) is 22.2 Å². The molecule has 0 saturated heterocycles. The molecule has 3 heteroatoms. The van der Waals surface area contributed by atoms with Crippen molar-refractivity contribution in [3.63, 3.8) is 0 Å². The van der Waals surface area contributed by atoms with Crippen molar-refractivity contribution in [2.24, 2.45) is 0 Å². The van der Waals surface area contributed by atoms with E-state index in [-0.39, 0.29) is 0 Å². The van der Waals surface area contributed by atoms with Gasteiger partial charge in [-0.25, -0.2) is 8.78 Å². The van der Waals surface area contributed by atoms with E-state index in [4.69, 9.17) is 0 Å². The lowest BCUT2D eigenvalue weighted by atomic mass is 10.1. The van der Waals surface area contributed by atoms with E-state index in [0.717, 1.165) is 25.3 Å². The zero-order valence-corrected chi connectivity index (χ0v) is 17.9. The second-order valence-electron chi connectivity index (χ2n) is 8.09. The van der Waals surface area contributed by atoms with Crippen molar-refractivity contribution in [3.8, 4) is 11.8 Å². The van der Waals surface area contributed by atoms with Gasteiger partial charge in [-0.1, -0.05) is 73.1 Å². The number of rotatable bonds is 7. The van der Waals surface area contributed by atoms with Crippen LogP contribution in [0.3, 0.4) is 0 Å². The number of hydrogen-bond acceptors (Lipinski definition) is 0. The van der Waals surface area contributed by atoms with Gasteiger partial charge in [0.05, 0.1) is 8.07 Å². The molecule has 1 unspecified atom stereocenters. The van der Waals surface area contributed by atoms with E-state index in [2.05, 4.69) is 60.3 Å². The molecule has 0 nitrogen and oxygen atoms in total. The van der Waals surface area contributed by atoms with Gasteiger partial charge in [0.25, 0.3) is 0 Å². The summed E-state index contributed by atoms with van der Waals surface area (Å²) in [5.74, 6) is 5.48. The molecule has 0 aromatic heterocycles. The summed E-state index contributed by atoms with van der Waals surface area (Å²) in [7, 11) is -1.74. The highest BCUT2D eigenvalue weighted by Crippen LogP contribution is 2.50. The maximum Gasteiger partial charge on any atom is 0.127 e. The maximum atomic E-state index is 13.5. The van der Waals surface area contributed by atoms with Crippen molar-refractivity contribution < 1.29 is 8.78 Å². The SMILES string of the molecule is CCCCC(C#Cc1cc(F)cc(F)c1)[Si](C(C)C)(C(C)C)C(C)C. The molecule has 0 aliphatic carbocycles. The molecule has 0 fully saturated rings. The van der Waals surface area contributed by atoms with Crippen LogP contribution in [0.25, 0.3) is 0 Å². The normalized spacial score (nSPS) is 13.3. The fourth-order valence-electron chi connectivity index (χ4n) is 4.86. The lowest BCUT2D eigenvalue weighted by Gasteiger charge is -2.47. The van der Waals surface area contributed by atoms with Crippen molar-refractivity contribution in [2.75, 3.05) is 0 Å². The molecule has 0 amide bonds. The van der Waals surface area contributed by atoms with Gasteiger partial charge in [-0.15, -0.1) is 0 Å². The molecule has 1 aromatic rings. The molecule has 0 aliphatic heterocycles. The van der Waals surface area contributed by atoms with Crippen LogP contribution in [0.5, 0.6) is 0 Å². The fraction of sp³-hybridized carbons (Fsp3) is 0.636. The van der Waals surface area contributed by atoms with Gasteiger partial charge in [0, 0.05) is 17.2 Å². The predicted molar refractivity (Wildman–Crippen MR) is 108 cm³/mol. The first-order valence-corrected chi connectivity index (χ1v) is 11.9. The van der Waals surface area contributed by atoms with Gasteiger partial charge in [0.1, 0.15) is 11.6 Å². The molecule has 0 N–H and O–H groups in total. The summed E-state index contributed by atoms with van der Waals surface area (Å²) in [5, 5.41) is 0. The second kappa shape index (κ2) is 9.53. The summed E-state index contributed by atoms with van der Waals surface area (Å²) in [6.07, 6.45) is 3.38. The first kappa shape index (κ1) is 21.9. The molecular formula is C22H34F2Si. The quantitative estimate of drug-likeness (QED) is 0.346. The van der Waals surface area contributed by atoms with Crippen LogP contribution < -0.4 is 0 Å². The van der Waals surface area contributed by atoms with Crippen LogP contribution in [-0.2, 0) is 0 Å². The first-order chi connectivity index (χ1) is 11.7. The molecular weight excluding hydrogens is 330 g/mol. The second-order valence-corrected chi connectivity index (χ2v) is 14.2. The molecule has 1 atom stereocenters. The Morgan fingerprint density at radius 1 is 0.880 bits per heavy atom. The van der Waals surface area contributed by atoms with Gasteiger partial charge < -0.3 is 0 Å². The Morgan fingerprint density at radius 3 is 1.76 bits per heavy atom. The Morgan fingerprint density at radius 2 is 1.36 bits per heavy atom. The Kier molecular flexibility index (Phi) is 8.34. The Hall–Kier alpha value is -1.14. The van der Waals surface area contributed by atoms with E-state index in [0.29, 0.717) is 27.7 Å². The fourth-order valence-corrected chi connectivity index (χ4v) is 12.3. The molecule has 1 rings (SSSR count). The predicted octanol–water partition coefficient (Wildman–Crippen LogP) is 7.56. The Labute approximate surface area is 154 Å². The minimum absolute atomic E-state index is 0.346. The van der Waals surface area contributed by atoms with Gasteiger partial charge in [-0.3, -0.25) is 0 Å². The zero-order valence-electron chi connectivity index (χ0n) is 16.9. The lowest BCUT2D eigenvalue weighted by molar-refractivity contribution is 0.582. The smallest absolute Gasteiger partial charge is 0.127 e. The summed E-state index contributed by atoms with van der Waals surface area (Å²) < 4.78 is 26.9. The van der Waals surface area contributed by atoms with Gasteiger partial charge in [0.15, 0.2) is 0 Å². The van der Waals surface area contributed by atoms with E-state index in [1.54, 1.807) is 0 Å². The lowest BCUT2D eigenvalue weighted by Crippen LogP contribution is -2.48. The third kappa shape index (κ3) is 5.17. The average molecular weight is 365 g/mol. The standard InChI is InChI=1S/C22H34F2Si/c1-8-9-10-22(25(16(2)3,17(4)5)18(6)7)12-11-19-13-20(23)15-21(24)14-19/h13-18,22H,8-10H2,1-7H3. The van der Waals surface area contributed by atoms with Crippen molar-refractivity contribution in [3.05, 3.63) is 35.4 Å². The van der Waals surface area contributed by atoms with Crippen LogP contribution in [0, 0.1) is 23.5 Å². The summed E-state index contributed by atoms with van der Waals surface area (Å²) in [4.78, 5) is 0. The average Bonchev–Trinajstić information content (AvgIpc) is 2.47. The van der Waals surface area contributed by atoms with Crippen molar-refractivity contribution in [1.82, 2.24) is 0 Å². The third-order valence-corrected chi connectivity index (χ3v) is 13.3. The molecule has 0 spiro atoms. The third-order valence-electron chi connectivity index (χ3n) is 5.70. The molecule has 0 bridgehead atoms. The summed E-state index contributed by atoms with van der Waals surface area (Å²) in [5.41, 5.74) is 2.64. The van der Waals surface area contributed by atoms with Crippen molar-refractivity contribution in [2.45, 2.75) is 89.9 Å². The van der Waals surface area contributed by atoms with Crippen LogP contribution in [-0.4, -0.2) is 8.07 Å². The maximum absolute atomic E-state index is 13.5. The number of unbranched alkanes of at least 4 members (excludes halogenated alkanes) is 1. The molecule has 0 aliphatic rings. The number of benzene rings is 1. The highest BCUT2D eigenvalue weighted by molar-refractivity contribution is 6.85. The summed E-state index contributed by atoms with van der Waals surface area (Å²) in [6, 6.07) is 3.56. The van der Waals surface area contributed by atoms with Gasteiger partial charge in [0.2, 0.25) is 0 Å². The molecule has 1 aromatic carbocycles. The summed E-state index contributed by atoms with van der Waals surface area (Å²) in [6.45, 7) is 16.3. The van der Waals surface area contributed by atoms with Crippen molar-refractivity contribution in [1.29, 1.82) is 0 Å². The minimum atomic E-state index is -1.74. The highest BCUT2D eigenvalue weighted by Gasteiger charge is 2.47. The van der Waals surface area contributed by atoms with E-state index in [9.17, 15) is 8.78 Å². The number of halogens is 2. The Bertz CT molecular complexity index is 566. The minimum Gasteiger partial charge on any atom is -0.207 e. The molecule has 0 radical (unpaired) electrons. The van der Waals surface area contributed by atoms with Gasteiger partial charge >= 0.3 is 0 Å². The number of hydrogen-bond donors (Lipinski definition) is 0. The topological polar surface area (TPSA) is 0 Å². The Balaban J connectivity index is 3.38. The highest BCUT2D eigenvalue weighted by atomic mass is 28.3. The van der Waals surface area contributed by atoms with E-state index >= 15 is 0 Å². The molecule has 0 saturated carbocycles. The van der Waals surface area contributed by atoms with Crippen molar-refractivity contribution >= 4 is 8.07 Å². The van der Waals surface area contributed by atoms with Crippen LogP contribution >= 0.6 is 0 Å². The zero-order chi connectivity index (χ0) is 19.2. The molecule has 0 heterocycles. The first-order valence-electron chi connectivity index (χ1n) is 9.63. The van der Waals surface area contributed by atoms with Gasteiger partial charge in [-0.05, 0) is 35.2 Å².